The quantitative estimate of drug-likeness (QED) is 0.697. The summed E-state index contributed by atoms with van der Waals surface area (Å²) in [5.74, 6) is 2.32. The first-order valence-electron chi connectivity index (χ1n) is 7.54. The summed E-state index contributed by atoms with van der Waals surface area (Å²) in [6.45, 7) is 3.81. The maximum Gasteiger partial charge on any atom is 0.267 e. The van der Waals surface area contributed by atoms with Crippen LogP contribution in [0.15, 0.2) is 30.4 Å². The largest absolute Gasteiger partial charge is 0.354 e. The number of nitrogens with zero attached hydrogens (tertiary/aromatic N) is 2. The highest BCUT2D eigenvalue weighted by Gasteiger charge is 2.21. The van der Waals surface area contributed by atoms with Crippen molar-refractivity contribution in [2.45, 2.75) is 13.8 Å². The van der Waals surface area contributed by atoms with Gasteiger partial charge in [0.05, 0.1) is 17.1 Å². The first-order chi connectivity index (χ1) is 11.5. The molecule has 4 heteroatoms. The second-order valence-corrected chi connectivity index (χ2v) is 5.39. The standard InChI is InChI=1S/C20H19N3O/c1-6-8-9-15(7-2)17-11-14(12-21)10-16-13(3)18(20(24)22-4)23(5)19(16)17/h1,7-11H,2-5H3,(H,22,24)/b9-8-,15-7+. The number of hydrogen-bond donors (Lipinski definition) is 1. The highest BCUT2D eigenvalue weighted by Crippen LogP contribution is 2.33. The fourth-order valence-electron chi connectivity index (χ4n) is 2.98. The second kappa shape index (κ2) is 6.89. The molecule has 0 aliphatic rings. The van der Waals surface area contributed by atoms with Crippen molar-refractivity contribution in [3.8, 4) is 18.4 Å². The zero-order valence-electron chi connectivity index (χ0n) is 14.3. The van der Waals surface area contributed by atoms with Gasteiger partial charge in [-0.05, 0) is 49.3 Å². The number of allylic oxidation sites excluding steroid dienone is 4. The third-order valence-electron chi connectivity index (χ3n) is 4.09. The van der Waals surface area contributed by atoms with Gasteiger partial charge in [-0.2, -0.15) is 5.26 Å². The maximum absolute atomic E-state index is 12.2. The number of amides is 1. The van der Waals surface area contributed by atoms with E-state index in [0.717, 1.165) is 27.6 Å². The zero-order chi connectivity index (χ0) is 17.9. The van der Waals surface area contributed by atoms with E-state index in [1.165, 1.54) is 0 Å². The van der Waals surface area contributed by atoms with Gasteiger partial charge in [-0.25, -0.2) is 0 Å². The van der Waals surface area contributed by atoms with E-state index in [0.29, 0.717) is 11.3 Å². The summed E-state index contributed by atoms with van der Waals surface area (Å²) in [6.07, 6.45) is 10.7. The van der Waals surface area contributed by atoms with Gasteiger partial charge in [0.25, 0.3) is 5.91 Å². The molecule has 2 rings (SSSR count). The molecule has 24 heavy (non-hydrogen) atoms. The molecule has 4 nitrogen and oxygen atoms in total. The van der Waals surface area contributed by atoms with Gasteiger partial charge < -0.3 is 9.88 Å². The summed E-state index contributed by atoms with van der Waals surface area (Å²) in [7, 11) is 3.46. The molecule has 0 fully saturated rings. The Bertz CT molecular complexity index is 960. The van der Waals surface area contributed by atoms with Crippen LogP contribution in [0.4, 0.5) is 0 Å². The minimum atomic E-state index is -0.156. The second-order valence-electron chi connectivity index (χ2n) is 5.39. The van der Waals surface area contributed by atoms with Crippen molar-refractivity contribution >= 4 is 22.4 Å². The molecule has 0 bridgehead atoms. The number of nitrogens with one attached hydrogen (secondary N) is 1. The molecular weight excluding hydrogens is 298 g/mol. The molecule has 1 amide bonds. The molecule has 1 aromatic carbocycles. The average Bonchev–Trinajstić information content (AvgIpc) is 2.85. The van der Waals surface area contributed by atoms with Crippen LogP contribution in [0.25, 0.3) is 16.5 Å². The molecule has 1 aromatic heterocycles. The fourth-order valence-corrected chi connectivity index (χ4v) is 2.98. The SMILES string of the molecule is C#C/C=C\C(=C/C)c1cc(C#N)cc2c(C)c(C(=O)NC)n(C)c12. The first kappa shape index (κ1) is 17.1. The van der Waals surface area contributed by atoms with Crippen LogP contribution in [0.3, 0.4) is 0 Å². The van der Waals surface area contributed by atoms with E-state index in [-0.39, 0.29) is 5.91 Å². The lowest BCUT2D eigenvalue weighted by Crippen LogP contribution is -2.21. The molecule has 0 atom stereocenters. The molecule has 1 N–H and O–H groups in total. The number of benzene rings is 1. The van der Waals surface area contributed by atoms with E-state index >= 15 is 0 Å². The fraction of sp³-hybridized carbons (Fsp3) is 0.200. The van der Waals surface area contributed by atoms with Gasteiger partial charge in [-0.1, -0.05) is 12.0 Å². The molecule has 0 saturated carbocycles. The molecular formula is C20H19N3O. The van der Waals surface area contributed by atoms with E-state index in [1.807, 2.05) is 49.7 Å². The van der Waals surface area contributed by atoms with Gasteiger partial charge in [-0.15, -0.1) is 6.42 Å². The van der Waals surface area contributed by atoms with Crippen molar-refractivity contribution in [1.82, 2.24) is 9.88 Å². The Hall–Kier alpha value is -3.24. The number of hydrogen-bond acceptors (Lipinski definition) is 2. The minimum absolute atomic E-state index is 0.156. The number of carbonyl (C=O) groups excluding carboxylic acids is 1. The Labute approximate surface area is 142 Å². The lowest BCUT2D eigenvalue weighted by molar-refractivity contribution is 0.0955. The van der Waals surface area contributed by atoms with Gasteiger partial charge >= 0.3 is 0 Å². The van der Waals surface area contributed by atoms with E-state index in [1.54, 1.807) is 13.1 Å². The molecule has 0 aliphatic heterocycles. The predicted molar refractivity (Wildman–Crippen MR) is 97.4 cm³/mol. The molecule has 120 valence electrons. The summed E-state index contributed by atoms with van der Waals surface area (Å²) in [4.78, 5) is 12.2. The number of nitriles is 1. The Balaban J connectivity index is 2.95. The monoisotopic (exact) mass is 317 g/mol. The summed E-state index contributed by atoms with van der Waals surface area (Å²) in [5.41, 5.74) is 4.66. The van der Waals surface area contributed by atoms with Crippen molar-refractivity contribution in [3.05, 3.63) is 52.7 Å². The van der Waals surface area contributed by atoms with Crippen molar-refractivity contribution in [2.75, 3.05) is 7.05 Å². The zero-order valence-corrected chi connectivity index (χ0v) is 14.3. The number of terminal acetylenes is 1. The van der Waals surface area contributed by atoms with Gasteiger partial charge in [0.2, 0.25) is 0 Å². The highest BCUT2D eigenvalue weighted by molar-refractivity contribution is 6.05. The number of fused-ring (bicyclic) bond motifs is 1. The highest BCUT2D eigenvalue weighted by atomic mass is 16.1. The molecule has 1 heterocycles. The van der Waals surface area contributed by atoms with Gasteiger partial charge in [0, 0.05) is 25.0 Å². The summed E-state index contributed by atoms with van der Waals surface area (Å²) >= 11 is 0. The lowest BCUT2D eigenvalue weighted by atomic mass is 9.98. The van der Waals surface area contributed by atoms with Crippen LogP contribution >= 0.6 is 0 Å². The lowest BCUT2D eigenvalue weighted by Gasteiger charge is -2.09. The van der Waals surface area contributed by atoms with Gasteiger partial charge in [-0.3, -0.25) is 4.79 Å². The Morgan fingerprint density at radius 1 is 1.42 bits per heavy atom. The Kier molecular flexibility index (Phi) is 4.92. The number of aromatic nitrogens is 1. The van der Waals surface area contributed by atoms with Crippen LogP contribution < -0.4 is 5.32 Å². The van der Waals surface area contributed by atoms with Crippen molar-refractivity contribution in [1.29, 1.82) is 5.26 Å². The topological polar surface area (TPSA) is 57.8 Å². The summed E-state index contributed by atoms with van der Waals surface area (Å²) in [6, 6.07) is 5.84. The van der Waals surface area contributed by atoms with Crippen LogP contribution in [0, 0.1) is 30.6 Å². The molecule has 0 aliphatic carbocycles. The van der Waals surface area contributed by atoms with Crippen LogP contribution in [0.2, 0.25) is 0 Å². The van der Waals surface area contributed by atoms with E-state index < -0.39 is 0 Å². The summed E-state index contributed by atoms with van der Waals surface area (Å²) in [5, 5.41) is 12.9. The third kappa shape index (κ3) is 2.71. The molecule has 0 radical (unpaired) electrons. The number of aryl methyl sites for hydroxylation is 2. The van der Waals surface area contributed by atoms with E-state index in [4.69, 9.17) is 6.42 Å². The molecule has 0 spiro atoms. The van der Waals surface area contributed by atoms with Crippen LogP contribution in [0.5, 0.6) is 0 Å². The number of rotatable bonds is 3. The molecule has 0 saturated heterocycles. The Morgan fingerprint density at radius 3 is 2.67 bits per heavy atom. The van der Waals surface area contributed by atoms with Gasteiger partial charge in [0.1, 0.15) is 5.69 Å². The molecule has 0 unspecified atom stereocenters. The minimum Gasteiger partial charge on any atom is -0.354 e. The van der Waals surface area contributed by atoms with Gasteiger partial charge in [0.15, 0.2) is 0 Å². The normalized spacial score (nSPS) is 11.5. The maximum atomic E-state index is 12.2. The van der Waals surface area contributed by atoms with E-state index in [2.05, 4.69) is 17.3 Å². The third-order valence-corrected chi connectivity index (χ3v) is 4.09. The van der Waals surface area contributed by atoms with Crippen LogP contribution in [-0.2, 0) is 7.05 Å². The van der Waals surface area contributed by atoms with Crippen molar-refractivity contribution in [2.24, 2.45) is 7.05 Å². The average molecular weight is 317 g/mol. The smallest absolute Gasteiger partial charge is 0.267 e. The molecule has 2 aromatic rings. The Morgan fingerprint density at radius 2 is 2.12 bits per heavy atom. The van der Waals surface area contributed by atoms with Crippen LogP contribution in [-0.4, -0.2) is 17.5 Å². The van der Waals surface area contributed by atoms with Crippen molar-refractivity contribution in [3.63, 3.8) is 0 Å². The first-order valence-corrected chi connectivity index (χ1v) is 7.54. The van der Waals surface area contributed by atoms with Crippen molar-refractivity contribution < 1.29 is 4.79 Å². The summed E-state index contributed by atoms with van der Waals surface area (Å²) < 4.78 is 1.87. The van der Waals surface area contributed by atoms with Crippen LogP contribution in [0.1, 0.15) is 34.1 Å². The predicted octanol–water partition coefficient (Wildman–Crippen LogP) is 3.31. The van der Waals surface area contributed by atoms with E-state index in [9.17, 15) is 10.1 Å². The number of carbonyl (C=O) groups is 1.